The fraction of sp³-hybridized carbons (Fsp3) is 0.400. The number of carbonyl (C=O) groups excluding carboxylic acids is 1. The summed E-state index contributed by atoms with van der Waals surface area (Å²) in [5, 5.41) is 7.57. The van der Waals surface area contributed by atoms with Gasteiger partial charge in [-0.1, -0.05) is 41.4 Å². The van der Waals surface area contributed by atoms with Crippen molar-refractivity contribution in [2.75, 3.05) is 31.7 Å². The molecule has 10 heteroatoms. The average Bonchev–Trinajstić information content (AvgIpc) is 2.93. The molecule has 0 fully saturated rings. The molecule has 1 aliphatic heterocycles. The Labute approximate surface area is 221 Å². The van der Waals surface area contributed by atoms with Gasteiger partial charge in [0, 0.05) is 54.4 Å². The van der Waals surface area contributed by atoms with Gasteiger partial charge in [0.1, 0.15) is 0 Å². The number of fused-ring (bicyclic) bond motifs is 1. The minimum Gasteiger partial charge on any atom is -0.363 e. The summed E-state index contributed by atoms with van der Waals surface area (Å²) in [6, 6.07) is 12.7. The SMILES string of the molecule is CCOC(CCCNC(=S)NC1N=C(c2ccccc2Cl)c2cc(Cl)ccc2N(C)C1=O)OCC. The molecule has 1 aliphatic rings. The van der Waals surface area contributed by atoms with Crippen LogP contribution in [0.15, 0.2) is 47.5 Å². The summed E-state index contributed by atoms with van der Waals surface area (Å²) in [6.07, 6.45) is 0.326. The fourth-order valence-corrected chi connectivity index (χ4v) is 4.35. The number of aliphatic imine (C=N–C) groups is 1. The van der Waals surface area contributed by atoms with Gasteiger partial charge in [0.05, 0.1) is 11.4 Å². The van der Waals surface area contributed by atoms with Gasteiger partial charge in [0.15, 0.2) is 11.4 Å². The first-order valence-corrected chi connectivity index (χ1v) is 12.7. The minimum atomic E-state index is -0.947. The molecule has 0 aliphatic carbocycles. The van der Waals surface area contributed by atoms with Gasteiger partial charge in [-0.2, -0.15) is 0 Å². The van der Waals surface area contributed by atoms with Crippen molar-refractivity contribution in [3.8, 4) is 0 Å². The van der Waals surface area contributed by atoms with E-state index in [0.29, 0.717) is 57.4 Å². The molecule has 0 bridgehead atoms. The summed E-state index contributed by atoms with van der Waals surface area (Å²) in [4.78, 5) is 19.6. The lowest BCUT2D eigenvalue weighted by Crippen LogP contribution is -2.49. The zero-order valence-corrected chi connectivity index (χ0v) is 22.3. The Balaban J connectivity index is 1.78. The second-order valence-corrected chi connectivity index (χ2v) is 9.05. The van der Waals surface area contributed by atoms with Gasteiger partial charge in [-0.15, -0.1) is 0 Å². The molecule has 1 atom stereocenters. The van der Waals surface area contributed by atoms with Crippen LogP contribution >= 0.6 is 35.4 Å². The number of ether oxygens (including phenoxy) is 2. The Bertz CT molecular complexity index is 1080. The number of carbonyl (C=O) groups is 1. The number of benzodiazepines with no additional fused rings is 1. The number of hydrogen-bond donors (Lipinski definition) is 2. The zero-order chi connectivity index (χ0) is 25.4. The molecule has 2 aromatic rings. The molecular weight excluding hydrogens is 507 g/mol. The Morgan fingerprint density at radius 3 is 2.54 bits per heavy atom. The predicted octanol–water partition coefficient (Wildman–Crippen LogP) is 4.78. The number of anilines is 1. The molecule has 2 aromatic carbocycles. The molecule has 2 N–H and O–H groups in total. The number of hydrogen-bond acceptors (Lipinski definition) is 5. The number of amides is 1. The van der Waals surface area contributed by atoms with E-state index < -0.39 is 6.17 Å². The first-order valence-electron chi connectivity index (χ1n) is 11.5. The number of thiocarbonyl (C=S) groups is 1. The summed E-state index contributed by atoms with van der Waals surface area (Å²) in [5.41, 5.74) is 2.65. The number of nitrogens with zero attached hydrogens (tertiary/aromatic N) is 2. The van der Waals surface area contributed by atoms with E-state index in [1.165, 1.54) is 0 Å². The highest BCUT2D eigenvalue weighted by Crippen LogP contribution is 2.31. The van der Waals surface area contributed by atoms with Crippen molar-refractivity contribution < 1.29 is 14.3 Å². The van der Waals surface area contributed by atoms with Crippen molar-refractivity contribution in [1.82, 2.24) is 10.6 Å². The first-order chi connectivity index (χ1) is 16.8. The van der Waals surface area contributed by atoms with E-state index in [9.17, 15) is 4.79 Å². The van der Waals surface area contributed by atoms with Crippen LogP contribution < -0.4 is 15.5 Å². The third-order valence-corrected chi connectivity index (χ3v) is 6.23. The van der Waals surface area contributed by atoms with Gasteiger partial charge < -0.3 is 25.0 Å². The van der Waals surface area contributed by atoms with Crippen LogP contribution in [0.25, 0.3) is 0 Å². The normalized spacial score (nSPS) is 15.5. The van der Waals surface area contributed by atoms with Crippen molar-refractivity contribution in [3.63, 3.8) is 0 Å². The first kappa shape index (κ1) is 27.4. The maximum Gasteiger partial charge on any atom is 0.272 e. The Kier molecular flexibility index (Phi) is 10.3. The van der Waals surface area contributed by atoms with Gasteiger partial charge in [0.2, 0.25) is 6.17 Å². The molecule has 1 amide bonds. The highest BCUT2D eigenvalue weighted by atomic mass is 35.5. The third-order valence-electron chi connectivity index (χ3n) is 5.40. The molecular formula is C25H30Cl2N4O3S. The van der Waals surface area contributed by atoms with Crippen LogP contribution in [0, 0.1) is 0 Å². The van der Waals surface area contributed by atoms with Crippen molar-refractivity contribution >= 4 is 57.8 Å². The average molecular weight is 538 g/mol. The molecule has 0 spiro atoms. The second-order valence-electron chi connectivity index (χ2n) is 7.80. The standard InChI is InChI=1S/C25H30Cl2N4O3S/c1-4-33-21(34-5-2)11-8-14-28-25(35)30-23-24(32)31(3)20-13-12-16(26)15-18(20)22(29-23)17-9-6-7-10-19(17)27/h6-7,9-10,12-13,15,21,23H,4-5,8,11,14H2,1-3H3,(H2,28,30,35). The van der Waals surface area contributed by atoms with Crippen LogP contribution in [0.4, 0.5) is 5.69 Å². The minimum absolute atomic E-state index is 0.237. The monoisotopic (exact) mass is 536 g/mol. The summed E-state index contributed by atoms with van der Waals surface area (Å²) in [7, 11) is 1.70. The van der Waals surface area contributed by atoms with Crippen molar-refractivity contribution in [2.45, 2.75) is 39.1 Å². The lowest BCUT2D eigenvalue weighted by molar-refractivity contribution is -0.139. The number of nitrogens with one attached hydrogen (secondary N) is 2. The second kappa shape index (κ2) is 13.2. The Hall–Kier alpha value is -2.23. The van der Waals surface area contributed by atoms with Gasteiger partial charge in [-0.05, 0) is 56.8 Å². The lowest BCUT2D eigenvalue weighted by atomic mass is 10.00. The molecule has 7 nitrogen and oxygen atoms in total. The van der Waals surface area contributed by atoms with E-state index in [4.69, 9.17) is 49.9 Å². The highest BCUT2D eigenvalue weighted by Gasteiger charge is 2.31. The zero-order valence-electron chi connectivity index (χ0n) is 20.0. The molecule has 0 saturated heterocycles. The topological polar surface area (TPSA) is 75.2 Å². The van der Waals surface area contributed by atoms with Crippen molar-refractivity contribution in [1.29, 1.82) is 0 Å². The quantitative estimate of drug-likeness (QED) is 0.258. The van der Waals surface area contributed by atoms with E-state index >= 15 is 0 Å². The molecule has 0 radical (unpaired) electrons. The van der Waals surface area contributed by atoms with Crippen molar-refractivity contribution in [2.24, 2.45) is 4.99 Å². The summed E-state index contributed by atoms with van der Waals surface area (Å²) >= 11 is 18.3. The largest absolute Gasteiger partial charge is 0.363 e. The number of halogens is 2. The van der Waals surface area contributed by atoms with Crippen LogP contribution in [0.2, 0.25) is 10.0 Å². The third kappa shape index (κ3) is 7.15. The molecule has 188 valence electrons. The summed E-state index contributed by atoms with van der Waals surface area (Å²) < 4.78 is 11.1. The van der Waals surface area contributed by atoms with Crippen LogP contribution in [-0.4, -0.2) is 56.0 Å². The Morgan fingerprint density at radius 2 is 1.86 bits per heavy atom. The molecule has 35 heavy (non-hydrogen) atoms. The van der Waals surface area contributed by atoms with Gasteiger partial charge in [-0.25, -0.2) is 4.99 Å². The van der Waals surface area contributed by atoms with E-state index in [-0.39, 0.29) is 12.2 Å². The lowest BCUT2D eigenvalue weighted by Gasteiger charge is -2.22. The highest BCUT2D eigenvalue weighted by molar-refractivity contribution is 7.80. The number of likely N-dealkylation sites (N-methyl/N-ethyl adjacent to an activating group) is 1. The van der Waals surface area contributed by atoms with E-state index in [2.05, 4.69) is 10.6 Å². The summed E-state index contributed by atoms with van der Waals surface area (Å²) in [6.45, 7) is 5.65. The van der Waals surface area contributed by atoms with Crippen molar-refractivity contribution in [3.05, 3.63) is 63.6 Å². The maximum absolute atomic E-state index is 13.3. The Morgan fingerprint density at radius 1 is 1.14 bits per heavy atom. The molecule has 0 aromatic heterocycles. The van der Waals surface area contributed by atoms with Crippen LogP contribution in [0.1, 0.15) is 37.8 Å². The fourth-order valence-electron chi connectivity index (χ4n) is 3.74. The summed E-state index contributed by atoms with van der Waals surface area (Å²) in [5.74, 6) is -0.257. The van der Waals surface area contributed by atoms with E-state index in [1.54, 1.807) is 36.2 Å². The van der Waals surface area contributed by atoms with Gasteiger partial charge >= 0.3 is 0 Å². The van der Waals surface area contributed by atoms with E-state index in [1.807, 2.05) is 32.0 Å². The van der Waals surface area contributed by atoms with Crippen LogP contribution in [0.3, 0.4) is 0 Å². The van der Waals surface area contributed by atoms with Crippen LogP contribution in [0.5, 0.6) is 0 Å². The van der Waals surface area contributed by atoms with Gasteiger partial charge in [0.25, 0.3) is 5.91 Å². The maximum atomic E-state index is 13.3. The molecule has 1 heterocycles. The smallest absolute Gasteiger partial charge is 0.272 e. The van der Waals surface area contributed by atoms with E-state index in [0.717, 1.165) is 12.8 Å². The molecule has 1 unspecified atom stereocenters. The number of benzene rings is 2. The number of rotatable bonds is 10. The van der Waals surface area contributed by atoms with Gasteiger partial charge in [-0.3, -0.25) is 4.79 Å². The molecule has 3 rings (SSSR count). The molecule has 0 saturated carbocycles. The predicted molar refractivity (Wildman–Crippen MR) is 146 cm³/mol. The van der Waals surface area contributed by atoms with Crippen LogP contribution in [-0.2, 0) is 14.3 Å².